The Bertz CT molecular complexity index is 731. The Morgan fingerprint density at radius 2 is 2.00 bits per heavy atom. The zero-order valence-corrected chi connectivity index (χ0v) is 15.1. The summed E-state index contributed by atoms with van der Waals surface area (Å²) in [7, 11) is 0. The van der Waals surface area contributed by atoms with Crippen LogP contribution in [0.5, 0.6) is 0 Å². The number of anilines is 2. The normalized spacial score (nSPS) is 21.6. The Morgan fingerprint density at radius 3 is 2.60 bits per heavy atom. The third-order valence-electron chi connectivity index (χ3n) is 5.29. The lowest BCUT2D eigenvalue weighted by molar-refractivity contribution is -0.154. The summed E-state index contributed by atoms with van der Waals surface area (Å²) < 4.78 is 0. The first-order valence-electron chi connectivity index (χ1n) is 8.90. The molecule has 2 heterocycles. The molecule has 0 radical (unpaired) electrons. The zero-order chi connectivity index (χ0) is 18.2. The maximum absolute atomic E-state index is 12.7. The zero-order valence-electron chi connectivity index (χ0n) is 15.1. The van der Waals surface area contributed by atoms with Crippen molar-refractivity contribution < 1.29 is 14.4 Å². The fraction of sp³-hybridized carbons (Fsp3) is 0.526. The van der Waals surface area contributed by atoms with E-state index in [1.807, 2.05) is 32.0 Å². The standard InChI is InChI=1S/C19H25N3O3/c1-4-5-17(24)22-11-9-19(22,3)18(25)20-15-6-7-16-14(12-15)8-10-21(16)13(2)23/h6-7,12H,4-5,8-11H2,1-3H3,(H,20,25). The van der Waals surface area contributed by atoms with Crippen LogP contribution in [-0.2, 0) is 20.8 Å². The Morgan fingerprint density at radius 1 is 1.24 bits per heavy atom. The molecule has 1 aromatic rings. The molecule has 1 saturated heterocycles. The highest BCUT2D eigenvalue weighted by atomic mass is 16.2. The van der Waals surface area contributed by atoms with E-state index in [1.54, 1.807) is 16.7 Å². The Balaban J connectivity index is 1.72. The molecule has 1 atom stereocenters. The van der Waals surface area contributed by atoms with Gasteiger partial charge < -0.3 is 15.1 Å². The van der Waals surface area contributed by atoms with Crippen LogP contribution in [0.25, 0.3) is 0 Å². The molecule has 1 N–H and O–H groups in total. The molecule has 1 aromatic carbocycles. The van der Waals surface area contributed by atoms with E-state index < -0.39 is 5.54 Å². The molecule has 0 saturated carbocycles. The van der Waals surface area contributed by atoms with Crippen LogP contribution in [0.15, 0.2) is 18.2 Å². The van der Waals surface area contributed by atoms with Crippen molar-refractivity contribution in [1.29, 1.82) is 0 Å². The van der Waals surface area contributed by atoms with E-state index in [-0.39, 0.29) is 17.7 Å². The van der Waals surface area contributed by atoms with Gasteiger partial charge in [0, 0.05) is 37.8 Å². The number of carbonyl (C=O) groups is 3. The minimum atomic E-state index is -0.767. The highest BCUT2D eigenvalue weighted by Gasteiger charge is 2.49. The lowest BCUT2D eigenvalue weighted by Crippen LogP contribution is -2.66. The molecule has 1 fully saturated rings. The van der Waals surface area contributed by atoms with Gasteiger partial charge in [-0.25, -0.2) is 0 Å². The van der Waals surface area contributed by atoms with Crippen LogP contribution in [0.4, 0.5) is 11.4 Å². The molecule has 6 nitrogen and oxygen atoms in total. The van der Waals surface area contributed by atoms with Crippen molar-refractivity contribution in [2.75, 3.05) is 23.3 Å². The van der Waals surface area contributed by atoms with Gasteiger partial charge in [0.05, 0.1) is 0 Å². The summed E-state index contributed by atoms with van der Waals surface area (Å²) in [6, 6.07) is 5.62. The van der Waals surface area contributed by atoms with Gasteiger partial charge in [-0.3, -0.25) is 14.4 Å². The first-order valence-corrected chi connectivity index (χ1v) is 8.90. The third kappa shape index (κ3) is 3.01. The van der Waals surface area contributed by atoms with Crippen LogP contribution >= 0.6 is 0 Å². The molecule has 2 aliphatic heterocycles. The van der Waals surface area contributed by atoms with E-state index in [2.05, 4.69) is 5.32 Å². The van der Waals surface area contributed by atoms with Gasteiger partial charge in [0.15, 0.2) is 0 Å². The van der Waals surface area contributed by atoms with Gasteiger partial charge in [0.1, 0.15) is 5.54 Å². The average molecular weight is 343 g/mol. The number of benzene rings is 1. The minimum absolute atomic E-state index is 0.0302. The first kappa shape index (κ1) is 17.5. The van der Waals surface area contributed by atoms with E-state index in [0.717, 1.165) is 24.1 Å². The molecule has 0 aliphatic carbocycles. The van der Waals surface area contributed by atoms with Gasteiger partial charge >= 0.3 is 0 Å². The van der Waals surface area contributed by atoms with Gasteiger partial charge in [0.2, 0.25) is 17.7 Å². The average Bonchev–Trinajstić information content (AvgIpc) is 2.96. The quantitative estimate of drug-likeness (QED) is 0.912. The summed E-state index contributed by atoms with van der Waals surface area (Å²) in [5.41, 5.74) is 1.92. The van der Waals surface area contributed by atoms with Crippen molar-refractivity contribution in [1.82, 2.24) is 4.90 Å². The minimum Gasteiger partial charge on any atom is -0.328 e. The molecule has 134 valence electrons. The maximum Gasteiger partial charge on any atom is 0.250 e. The number of amides is 3. The second-order valence-electron chi connectivity index (χ2n) is 7.04. The first-order chi connectivity index (χ1) is 11.9. The largest absolute Gasteiger partial charge is 0.328 e. The second-order valence-corrected chi connectivity index (χ2v) is 7.04. The fourth-order valence-corrected chi connectivity index (χ4v) is 3.62. The summed E-state index contributed by atoms with van der Waals surface area (Å²) >= 11 is 0. The van der Waals surface area contributed by atoms with Gasteiger partial charge in [-0.15, -0.1) is 0 Å². The Hall–Kier alpha value is -2.37. The molecule has 25 heavy (non-hydrogen) atoms. The molecule has 3 amide bonds. The summed E-state index contributed by atoms with van der Waals surface area (Å²) in [4.78, 5) is 39.9. The number of carbonyl (C=O) groups excluding carboxylic acids is 3. The van der Waals surface area contributed by atoms with E-state index in [0.29, 0.717) is 31.6 Å². The van der Waals surface area contributed by atoms with Crippen LogP contribution in [-0.4, -0.2) is 41.2 Å². The van der Waals surface area contributed by atoms with Crippen LogP contribution in [0, 0.1) is 0 Å². The predicted molar refractivity (Wildman–Crippen MR) is 96.4 cm³/mol. The molecule has 0 spiro atoms. The molecular formula is C19H25N3O3. The van der Waals surface area contributed by atoms with Crippen molar-refractivity contribution in [3.05, 3.63) is 23.8 Å². The van der Waals surface area contributed by atoms with Crippen LogP contribution in [0.1, 0.15) is 45.6 Å². The van der Waals surface area contributed by atoms with E-state index in [4.69, 9.17) is 0 Å². The van der Waals surface area contributed by atoms with Crippen molar-refractivity contribution in [2.24, 2.45) is 0 Å². The summed E-state index contributed by atoms with van der Waals surface area (Å²) in [6.07, 6.45) is 2.72. The highest BCUT2D eigenvalue weighted by Crippen LogP contribution is 2.34. The van der Waals surface area contributed by atoms with Crippen LogP contribution in [0.3, 0.4) is 0 Å². The molecule has 1 unspecified atom stereocenters. The number of hydrogen-bond acceptors (Lipinski definition) is 3. The maximum atomic E-state index is 12.7. The number of rotatable bonds is 4. The molecule has 6 heteroatoms. The molecule has 3 rings (SSSR count). The van der Waals surface area contributed by atoms with Crippen LogP contribution < -0.4 is 10.2 Å². The summed E-state index contributed by atoms with van der Waals surface area (Å²) in [5.74, 6) is -0.0791. The lowest BCUT2D eigenvalue weighted by atomic mass is 9.85. The summed E-state index contributed by atoms with van der Waals surface area (Å²) in [6.45, 7) is 6.66. The van der Waals surface area contributed by atoms with E-state index >= 15 is 0 Å². The van der Waals surface area contributed by atoms with Crippen molar-refractivity contribution >= 4 is 29.1 Å². The number of nitrogens with one attached hydrogen (secondary N) is 1. The van der Waals surface area contributed by atoms with Crippen molar-refractivity contribution in [2.45, 2.75) is 52.0 Å². The Kier molecular flexibility index (Phi) is 4.54. The lowest BCUT2D eigenvalue weighted by Gasteiger charge is -2.49. The van der Waals surface area contributed by atoms with E-state index in [9.17, 15) is 14.4 Å². The van der Waals surface area contributed by atoms with E-state index in [1.165, 1.54) is 0 Å². The number of fused-ring (bicyclic) bond motifs is 1. The number of hydrogen-bond donors (Lipinski definition) is 1. The molecular weight excluding hydrogens is 318 g/mol. The SMILES string of the molecule is CCCC(=O)N1CCC1(C)C(=O)Nc1ccc2c(c1)CCN2C(C)=O. The molecule has 0 bridgehead atoms. The smallest absolute Gasteiger partial charge is 0.250 e. The molecule has 2 aliphatic rings. The number of likely N-dealkylation sites (tertiary alicyclic amines) is 1. The van der Waals surface area contributed by atoms with Gasteiger partial charge in [-0.1, -0.05) is 6.92 Å². The topological polar surface area (TPSA) is 69.7 Å². The van der Waals surface area contributed by atoms with Crippen molar-refractivity contribution in [3.8, 4) is 0 Å². The molecule has 0 aromatic heterocycles. The monoisotopic (exact) mass is 343 g/mol. The van der Waals surface area contributed by atoms with Crippen LogP contribution in [0.2, 0.25) is 0 Å². The predicted octanol–water partition coefficient (Wildman–Crippen LogP) is 2.33. The fourth-order valence-electron chi connectivity index (χ4n) is 3.62. The van der Waals surface area contributed by atoms with Gasteiger partial charge in [-0.2, -0.15) is 0 Å². The highest BCUT2D eigenvalue weighted by molar-refractivity contribution is 6.02. The van der Waals surface area contributed by atoms with Gasteiger partial charge in [0.25, 0.3) is 0 Å². The summed E-state index contributed by atoms with van der Waals surface area (Å²) in [5, 5.41) is 2.95. The second kappa shape index (κ2) is 6.50. The third-order valence-corrected chi connectivity index (χ3v) is 5.29. The van der Waals surface area contributed by atoms with Gasteiger partial charge in [-0.05, 0) is 49.9 Å². The number of nitrogens with zero attached hydrogens (tertiary/aromatic N) is 2. The van der Waals surface area contributed by atoms with Crippen molar-refractivity contribution in [3.63, 3.8) is 0 Å². The Labute approximate surface area is 148 Å².